The van der Waals surface area contributed by atoms with Gasteiger partial charge in [0, 0.05) is 19.1 Å². The highest BCUT2D eigenvalue weighted by atomic mass is 35.5. The van der Waals surface area contributed by atoms with Gasteiger partial charge in [-0.2, -0.15) is 0 Å². The lowest BCUT2D eigenvalue weighted by molar-refractivity contribution is -0.383. The Bertz CT molecular complexity index is 710. The smallest absolute Gasteiger partial charge is 0.333 e. The van der Waals surface area contributed by atoms with Crippen LogP contribution < -0.4 is 10.7 Å². The topological polar surface area (TPSA) is 96.2 Å². The molecule has 2 rings (SSSR count). The number of hydrazine groups is 1. The molecule has 2 N–H and O–H groups in total. The maximum atomic E-state index is 11.3. The van der Waals surface area contributed by atoms with Crippen molar-refractivity contribution in [3.63, 3.8) is 0 Å². The van der Waals surface area contributed by atoms with Gasteiger partial charge < -0.3 is 5.32 Å². The SMILES string of the molecule is CN(C)Nc1ncnc(Nc2cc(Cl)ccc2Cl)c1[N+](=O)[O-]. The summed E-state index contributed by atoms with van der Waals surface area (Å²) in [6.45, 7) is 0. The zero-order valence-corrected chi connectivity index (χ0v) is 13.2. The third kappa shape index (κ3) is 3.73. The molecule has 0 bridgehead atoms. The molecular formula is C12H12Cl2N6O2. The van der Waals surface area contributed by atoms with Gasteiger partial charge in [0.1, 0.15) is 6.33 Å². The molecule has 8 nitrogen and oxygen atoms in total. The van der Waals surface area contributed by atoms with E-state index in [1.165, 1.54) is 11.3 Å². The molecule has 0 atom stereocenters. The minimum absolute atomic E-state index is 0.00789. The number of hydrogen-bond donors (Lipinski definition) is 2. The van der Waals surface area contributed by atoms with E-state index in [4.69, 9.17) is 23.2 Å². The summed E-state index contributed by atoms with van der Waals surface area (Å²) in [7, 11) is 3.37. The molecule has 0 saturated heterocycles. The summed E-state index contributed by atoms with van der Waals surface area (Å²) in [5.41, 5.74) is 2.86. The largest absolute Gasteiger partial charge is 0.354 e. The molecule has 0 fully saturated rings. The summed E-state index contributed by atoms with van der Waals surface area (Å²) in [6, 6.07) is 4.75. The Labute approximate surface area is 136 Å². The molecule has 0 unspecified atom stereocenters. The minimum Gasteiger partial charge on any atom is -0.333 e. The number of nitro groups is 1. The fourth-order valence-corrected chi connectivity index (χ4v) is 1.99. The molecule has 0 amide bonds. The first-order valence-electron chi connectivity index (χ1n) is 6.04. The fraction of sp³-hybridized carbons (Fsp3) is 0.167. The van der Waals surface area contributed by atoms with Crippen molar-refractivity contribution >= 4 is 46.2 Å². The van der Waals surface area contributed by atoms with Crippen LogP contribution >= 0.6 is 23.2 Å². The van der Waals surface area contributed by atoms with Crippen molar-refractivity contribution in [2.75, 3.05) is 24.8 Å². The molecule has 22 heavy (non-hydrogen) atoms. The second-order valence-electron chi connectivity index (χ2n) is 4.43. The number of halogens is 2. The number of nitrogens with one attached hydrogen (secondary N) is 2. The zero-order valence-electron chi connectivity index (χ0n) is 11.7. The molecule has 2 aromatic rings. The number of aromatic nitrogens is 2. The summed E-state index contributed by atoms with van der Waals surface area (Å²) < 4.78 is 0. The van der Waals surface area contributed by atoms with Crippen molar-refractivity contribution in [2.45, 2.75) is 0 Å². The van der Waals surface area contributed by atoms with Gasteiger partial charge in [0.05, 0.1) is 15.6 Å². The van der Waals surface area contributed by atoms with Crippen LogP contribution in [-0.4, -0.2) is 34.0 Å². The van der Waals surface area contributed by atoms with Crippen LogP contribution in [0.4, 0.5) is 23.0 Å². The number of rotatable bonds is 5. The first-order chi connectivity index (χ1) is 10.4. The molecule has 0 spiro atoms. The van der Waals surface area contributed by atoms with E-state index in [2.05, 4.69) is 20.7 Å². The number of benzene rings is 1. The van der Waals surface area contributed by atoms with Crippen LogP contribution in [0, 0.1) is 10.1 Å². The van der Waals surface area contributed by atoms with E-state index < -0.39 is 4.92 Å². The van der Waals surface area contributed by atoms with Crippen molar-refractivity contribution < 1.29 is 4.92 Å². The van der Waals surface area contributed by atoms with Gasteiger partial charge in [0.2, 0.25) is 11.6 Å². The van der Waals surface area contributed by atoms with E-state index in [1.54, 1.807) is 32.3 Å². The summed E-state index contributed by atoms with van der Waals surface area (Å²) in [6.07, 6.45) is 1.21. The zero-order chi connectivity index (χ0) is 16.3. The van der Waals surface area contributed by atoms with Crippen LogP contribution in [0.15, 0.2) is 24.5 Å². The Hall–Kier alpha value is -2.16. The van der Waals surface area contributed by atoms with Crippen molar-refractivity contribution in [3.05, 3.63) is 44.7 Å². The molecule has 0 aliphatic heterocycles. The summed E-state index contributed by atoms with van der Waals surface area (Å²) >= 11 is 11.9. The highest BCUT2D eigenvalue weighted by Crippen LogP contribution is 2.34. The van der Waals surface area contributed by atoms with E-state index in [0.717, 1.165) is 0 Å². The second kappa shape index (κ2) is 6.73. The Morgan fingerprint density at radius 2 is 1.91 bits per heavy atom. The molecule has 0 aliphatic rings. The Morgan fingerprint density at radius 3 is 2.55 bits per heavy atom. The van der Waals surface area contributed by atoms with Crippen molar-refractivity contribution in [3.8, 4) is 0 Å². The van der Waals surface area contributed by atoms with Gasteiger partial charge in [-0.3, -0.25) is 15.5 Å². The molecule has 10 heteroatoms. The second-order valence-corrected chi connectivity index (χ2v) is 5.28. The Balaban J connectivity index is 2.46. The Morgan fingerprint density at radius 1 is 1.23 bits per heavy atom. The molecular weight excluding hydrogens is 331 g/mol. The van der Waals surface area contributed by atoms with E-state index in [1.807, 2.05) is 0 Å². The van der Waals surface area contributed by atoms with E-state index in [-0.39, 0.29) is 17.3 Å². The molecule has 1 aromatic carbocycles. The fourth-order valence-electron chi connectivity index (χ4n) is 1.66. The van der Waals surface area contributed by atoms with Crippen molar-refractivity contribution in [1.29, 1.82) is 0 Å². The predicted octanol–water partition coefficient (Wildman–Crippen LogP) is 3.32. The van der Waals surface area contributed by atoms with Gasteiger partial charge in [-0.05, 0) is 18.2 Å². The van der Waals surface area contributed by atoms with Crippen LogP contribution in [0.25, 0.3) is 0 Å². The van der Waals surface area contributed by atoms with Gasteiger partial charge in [0.25, 0.3) is 0 Å². The molecule has 116 valence electrons. The average molecular weight is 343 g/mol. The Kier molecular flexibility index (Phi) is 4.96. The summed E-state index contributed by atoms with van der Waals surface area (Å²) in [5, 5.41) is 16.5. The quantitative estimate of drug-likeness (QED) is 0.635. The lowest BCUT2D eigenvalue weighted by Gasteiger charge is -2.14. The van der Waals surface area contributed by atoms with E-state index in [0.29, 0.717) is 15.7 Å². The van der Waals surface area contributed by atoms with Crippen molar-refractivity contribution in [1.82, 2.24) is 15.0 Å². The molecule has 0 radical (unpaired) electrons. The molecule has 0 aliphatic carbocycles. The lowest BCUT2D eigenvalue weighted by atomic mass is 10.3. The highest BCUT2D eigenvalue weighted by molar-refractivity contribution is 6.35. The number of nitrogens with zero attached hydrogens (tertiary/aromatic N) is 4. The summed E-state index contributed by atoms with van der Waals surface area (Å²) in [5.74, 6) is 0.0687. The van der Waals surface area contributed by atoms with Crippen LogP contribution in [-0.2, 0) is 0 Å². The molecule has 0 saturated carbocycles. The van der Waals surface area contributed by atoms with E-state index in [9.17, 15) is 10.1 Å². The standard InChI is InChI=1S/C12H12Cl2N6O2/c1-19(2)18-12-10(20(21)22)11(15-6-16-12)17-9-5-7(13)3-4-8(9)14/h3-6H,1-2H3,(H2,15,16,17,18). The number of anilines is 3. The normalized spacial score (nSPS) is 10.6. The monoisotopic (exact) mass is 342 g/mol. The first-order valence-corrected chi connectivity index (χ1v) is 6.79. The third-order valence-corrected chi connectivity index (χ3v) is 3.08. The predicted molar refractivity (Wildman–Crippen MR) is 85.7 cm³/mol. The summed E-state index contributed by atoms with van der Waals surface area (Å²) in [4.78, 5) is 18.5. The van der Waals surface area contributed by atoms with Crippen LogP contribution in [0.3, 0.4) is 0 Å². The highest BCUT2D eigenvalue weighted by Gasteiger charge is 2.24. The third-order valence-electron chi connectivity index (χ3n) is 2.52. The molecule has 1 heterocycles. The number of hydrogen-bond acceptors (Lipinski definition) is 7. The van der Waals surface area contributed by atoms with E-state index >= 15 is 0 Å². The van der Waals surface area contributed by atoms with Gasteiger partial charge in [-0.1, -0.05) is 23.2 Å². The van der Waals surface area contributed by atoms with Gasteiger partial charge >= 0.3 is 5.69 Å². The maximum absolute atomic E-state index is 11.3. The van der Waals surface area contributed by atoms with Gasteiger partial charge in [0.15, 0.2) is 0 Å². The minimum atomic E-state index is -0.577. The van der Waals surface area contributed by atoms with Gasteiger partial charge in [-0.25, -0.2) is 15.0 Å². The van der Waals surface area contributed by atoms with Crippen LogP contribution in [0.2, 0.25) is 10.0 Å². The lowest BCUT2D eigenvalue weighted by Crippen LogP contribution is -2.21. The van der Waals surface area contributed by atoms with Crippen molar-refractivity contribution in [2.24, 2.45) is 0 Å². The van der Waals surface area contributed by atoms with Gasteiger partial charge in [-0.15, -0.1) is 0 Å². The maximum Gasteiger partial charge on any atom is 0.354 e. The first kappa shape index (κ1) is 16.2. The van der Waals surface area contributed by atoms with Crippen LogP contribution in [0.5, 0.6) is 0 Å². The molecule has 1 aromatic heterocycles. The van der Waals surface area contributed by atoms with Crippen LogP contribution in [0.1, 0.15) is 0 Å². The average Bonchev–Trinajstić information content (AvgIpc) is 2.42.